The molecule has 14 heavy (non-hydrogen) atoms. The Morgan fingerprint density at radius 1 is 1.79 bits per heavy atom. The second-order valence-corrected chi connectivity index (χ2v) is 3.76. The van der Waals surface area contributed by atoms with Crippen LogP contribution in [0.15, 0.2) is 6.20 Å². The summed E-state index contributed by atoms with van der Waals surface area (Å²) in [5.74, 6) is 0. The molecule has 1 aliphatic rings. The molecule has 1 fully saturated rings. The number of rotatable bonds is 2. The summed E-state index contributed by atoms with van der Waals surface area (Å²) in [5, 5.41) is 16.9. The molecule has 5 nitrogen and oxygen atoms in total. The van der Waals surface area contributed by atoms with Gasteiger partial charge in [0.2, 0.25) is 0 Å². The van der Waals surface area contributed by atoms with Crippen molar-refractivity contribution in [3.8, 4) is 6.07 Å². The van der Waals surface area contributed by atoms with Crippen molar-refractivity contribution in [2.45, 2.75) is 12.8 Å². The average Bonchev–Trinajstić information content (AvgIpc) is 2.77. The van der Waals surface area contributed by atoms with Gasteiger partial charge < -0.3 is 4.74 Å². The summed E-state index contributed by atoms with van der Waals surface area (Å²) in [7, 11) is 1.82. The molecule has 5 heteroatoms. The van der Waals surface area contributed by atoms with Crippen LogP contribution in [-0.2, 0) is 18.2 Å². The number of hydrogen-bond acceptors (Lipinski definition) is 4. The number of aryl methyl sites for hydroxylation is 1. The molecule has 1 aliphatic heterocycles. The Labute approximate surface area is 82.3 Å². The van der Waals surface area contributed by atoms with E-state index in [-0.39, 0.29) is 5.41 Å². The lowest BCUT2D eigenvalue weighted by molar-refractivity contribution is 0.171. The summed E-state index contributed by atoms with van der Waals surface area (Å²) < 4.78 is 6.90. The fraction of sp³-hybridized carbons (Fsp3) is 0.667. The standard InChI is InChI=1S/C9H12N4O/c1-13-5-8(11-12-13)4-9(6-10)2-3-14-7-9/h5H,2-4,7H2,1H3. The number of aromatic nitrogens is 3. The lowest BCUT2D eigenvalue weighted by atomic mass is 9.84. The Kier molecular flexibility index (Phi) is 2.22. The summed E-state index contributed by atoms with van der Waals surface area (Å²) in [6, 6.07) is 2.33. The normalized spacial score (nSPS) is 26.3. The van der Waals surface area contributed by atoms with Crippen LogP contribution in [0.2, 0.25) is 0 Å². The molecule has 0 aliphatic carbocycles. The summed E-state index contributed by atoms with van der Waals surface area (Å²) >= 11 is 0. The predicted octanol–water partition coefficient (Wildman–Crippen LogP) is 0.288. The highest BCUT2D eigenvalue weighted by Gasteiger charge is 2.36. The van der Waals surface area contributed by atoms with E-state index < -0.39 is 0 Å². The molecule has 2 heterocycles. The topological polar surface area (TPSA) is 63.7 Å². The minimum absolute atomic E-state index is 0.379. The fourth-order valence-electron chi connectivity index (χ4n) is 1.70. The van der Waals surface area contributed by atoms with Gasteiger partial charge in [-0.15, -0.1) is 5.10 Å². The van der Waals surface area contributed by atoms with E-state index in [1.165, 1.54) is 0 Å². The molecule has 1 saturated heterocycles. The van der Waals surface area contributed by atoms with Gasteiger partial charge in [0.25, 0.3) is 0 Å². The Balaban J connectivity index is 2.13. The lowest BCUT2D eigenvalue weighted by Gasteiger charge is -2.15. The van der Waals surface area contributed by atoms with Gasteiger partial charge in [0.1, 0.15) is 0 Å². The highest BCUT2D eigenvalue weighted by Crippen LogP contribution is 2.30. The molecule has 1 unspecified atom stereocenters. The summed E-state index contributed by atoms with van der Waals surface area (Å²) in [5.41, 5.74) is 0.482. The maximum Gasteiger partial charge on any atom is 0.0885 e. The zero-order chi connectivity index (χ0) is 10.0. The molecule has 0 radical (unpaired) electrons. The van der Waals surface area contributed by atoms with Crippen molar-refractivity contribution in [2.75, 3.05) is 13.2 Å². The number of hydrogen-bond donors (Lipinski definition) is 0. The molecule has 0 bridgehead atoms. The Hall–Kier alpha value is -1.41. The van der Waals surface area contributed by atoms with E-state index in [1.807, 2.05) is 13.2 Å². The molecule has 1 aromatic heterocycles. The van der Waals surface area contributed by atoms with Crippen LogP contribution >= 0.6 is 0 Å². The second kappa shape index (κ2) is 3.39. The molecule has 0 amide bonds. The molecule has 0 aromatic carbocycles. The smallest absolute Gasteiger partial charge is 0.0885 e. The van der Waals surface area contributed by atoms with E-state index in [0.717, 1.165) is 12.1 Å². The monoisotopic (exact) mass is 192 g/mol. The third kappa shape index (κ3) is 1.61. The van der Waals surface area contributed by atoms with E-state index in [1.54, 1.807) is 4.68 Å². The van der Waals surface area contributed by atoms with Gasteiger partial charge in [-0.2, -0.15) is 5.26 Å². The maximum atomic E-state index is 9.10. The van der Waals surface area contributed by atoms with Crippen molar-refractivity contribution in [3.05, 3.63) is 11.9 Å². The first-order valence-electron chi connectivity index (χ1n) is 4.58. The molecule has 0 saturated carbocycles. The molecular weight excluding hydrogens is 180 g/mol. The van der Waals surface area contributed by atoms with Crippen LogP contribution in [0, 0.1) is 16.7 Å². The molecular formula is C9H12N4O. The van der Waals surface area contributed by atoms with Gasteiger partial charge in [0.05, 0.1) is 23.8 Å². The minimum atomic E-state index is -0.379. The average molecular weight is 192 g/mol. The largest absolute Gasteiger partial charge is 0.380 e. The van der Waals surface area contributed by atoms with Crippen molar-refractivity contribution < 1.29 is 4.74 Å². The van der Waals surface area contributed by atoms with Gasteiger partial charge in [0.15, 0.2) is 0 Å². The maximum absolute atomic E-state index is 9.10. The molecule has 74 valence electrons. The van der Waals surface area contributed by atoms with E-state index in [4.69, 9.17) is 10.00 Å². The van der Waals surface area contributed by atoms with Gasteiger partial charge in [-0.3, -0.25) is 4.68 Å². The lowest BCUT2D eigenvalue weighted by Crippen LogP contribution is -2.21. The zero-order valence-electron chi connectivity index (χ0n) is 8.10. The van der Waals surface area contributed by atoms with Crippen LogP contribution in [0.4, 0.5) is 0 Å². The Morgan fingerprint density at radius 2 is 2.64 bits per heavy atom. The van der Waals surface area contributed by atoms with E-state index >= 15 is 0 Å². The van der Waals surface area contributed by atoms with E-state index in [9.17, 15) is 0 Å². The summed E-state index contributed by atoms with van der Waals surface area (Å²) in [6.45, 7) is 1.19. The van der Waals surface area contributed by atoms with Crippen LogP contribution in [0.3, 0.4) is 0 Å². The molecule has 0 spiro atoms. The Bertz CT molecular complexity index is 359. The fourth-order valence-corrected chi connectivity index (χ4v) is 1.70. The van der Waals surface area contributed by atoms with Crippen LogP contribution in [0.5, 0.6) is 0 Å². The predicted molar refractivity (Wildman–Crippen MR) is 48.2 cm³/mol. The number of nitriles is 1. The van der Waals surface area contributed by atoms with Gasteiger partial charge in [-0.1, -0.05) is 5.21 Å². The van der Waals surface area contributed by atoms with Crippen LogP contribution < -0.4 is 0 Å². The molecule has 1 atom stereocenters. The zero-order valence-corrected chi connectivity index (χ0v) is 8.10. The van der Waals surface area contributed by atoms with Gasteiger partial charge in [0, 0.05) is 26.3 Å². The van der Waals surface area contributed by atoms with Gasteiger partial charge in [-0.25, -0.2) is 0 Å². The van der Waals surface area contributed by atoms with Crippen molar-refractivity contribution in [1.82, 2.24) is 15.0 Å². The van der Waals surface area contributed by atoms with Gasteiger partial charge in [-0.05, 0) is 6.42 Å². The first kappa shape index (κ1) is 9.16. The quantitative estimate of drug-likeness (QED) is 0.675. The van der Waals surface area contributed by atoms with E-state index in [2.05, 4.69) is 16.4 Å². The summed E-state index contributed by atoms with van der Waals surface area (Å²) in [6.07, 6.45) is 3.27. The third-order valence-corrected chi connectivity index (χ3v) is 2.51. The van der Waals surface area contributed by atoms with Crippen molar-refractivity contribution in [3.63, 3.8) is 0 Å². The highest BCUT2D eigenvalue weighted by atomic mass is 16.5. The first-order chi connectivity index (χ1) is 6.74. The number of nitrogens with zero attached hydrogens (tertiary/aromatic N) is 4. The van der Waals surface area contributed by atoms with Crippen molar-refractivity contribution >= 4 is 0 Å². The minimum Gasteiger partial charge on any atom is -0.380 e. The van der Waals surface area contributed by atoms with Crippen LogP contribution in [0.25, 0.3) is 0 Å². The molecule has 1 aromatic rings. The molecule has 0 N–H and O–H groups in total. The Morgan fingerprint density at radius 3 is 3.14 bits per heavy atom. The molecule has 2 rings (SSSR count). The third-order valence-electron chi connectivity index (χ3n) is 2.51. The van der Waals surface area contributed by atoms with Gasteiger partial charge >= 0.3 is 0 Å². The van der Waals surface area contributed by atoms with E-state index in [0.29, 0.717) is 19.6 Å². The van der Waals surface area contributed by atoms with Crippen molar-refractivity contribution in [1.29, 1.82) is 5.26 Å². The SMILES string of the molecule is Cn1cc(CC2(C#N)CCOC2)nn1. The highest BCUT2D eigenvalue weighted by molar-refractivity contribution is 5.09. The summed E-state index contributed by atoms with van der Waals surface area (Å²) in [4.78, 5) is 0. The van der Waals surface area contributed by atoms with Crippen LogP contribution in [-0.4, -0.2) is 28.2 Å². The number of ether oxygens (including phenoxy) is 1. The van der Waals surface area contributed by atoms with Crippen molar-refractivity contribution in [2.24, 2.45) is 12.5 Å². The second-order valence-electron chi connectivity index (χ2n) is 3.76. The first-order valence-corrected chi connectivity index (χ1v) is 4.58. The van der Waals surface area contributed by atoms with Crippen LogP contribution in [0.1, 0.15) is 12.1 Å².